The Labute approximate surface area is 165 Å². The Morgan fingerprint density at radius 1 is 1.43 bits per heavy atom. The summed E-state index contributed by atoms with van der Waals surface area (Å²) in [4.78, 5) is 16.8. The average molecular weight is 378 g/mol. The second-order valence-electron chi connectivity index (χ2n) is 6.59. The maximum atomic E-state index is 12.0. The first-order valence-corrected chi connectivity index (χ1v) is 9.51. The van der Waals surface area contributed by atoms with Crippen molar-refractivity contribution < 1.29 is 9.53 Å². The predicted octanol–water partition coefficient (Wildman–Crippen LogP) is 3.76. The number of aliphatic imine (C=N–C) groups is 1. The summed E-state index contributed by atoms with van der Waals surface area (Å²) in [6.45, 7) is 12.0. The normalized spacial score (nSPS) is 14.1. The van der Waals surface area contributed by atoms with E-state index in [0.717, 1.165) is 22.6 Å². The van der Waals surface area contributed by atoms with Gasteiger partial charge in [-0.2, -0.15) is 5.10 Å². The number of aromatic nitrogens is 2. The van der Waals surface area contributed by atoms with E-state index in [2.05, 4.69) is 17.0 Å². The van der Waals surface area contributed by atoms with Crippen LogP contribution in [0.5, 0.6) is 5.75 Å². The number of benzene rings is 1. The number of fused-ring (bicyclic) bond motifs is 1. The van der Waals surface area contributed by atoms with Crippen LogP contribution in [0.2, 0.25) is 0 Å². The van der Waals surface area contributed by atoms with E-state index in [-0.39, 0.29) is 5.91 Å². The fourth-order valence-corrected chi connectivity index (χ4v) is 3.09. The van der Waals surface area contributed by atoms with Crippen molar-refractivity contribution in [2.24, 2.45) is 4.99 Å². The van der Waals surface area contributed by atoms with E-state index in [4.69, 9.17) is 9.73 Å². The first kappa shape index (κ1) is 19.6. The second kappa shape index (κ2) is 8.69. The Hall–Kier alpha value is -3.15. The van der Waals surface area contributed by atoms with E-state index in [1.54, 1.807) is 10.7 Å². The average Bonchev–Trinajstić information content (AvgIpc) is 3.12. The molecule has 2 aromatic rings. The summed E-state index contributed by atoms with van der Waals surface area (Å²) >= 11 is 0. The number of amides is 1. The minimum Gasteiger partial charge on any atom is -0.494 e. The molecule has 0 fully saturated rings. The van der Waals surface area contributed by atoms with Crippen LogP contribution in [0, 0.1) is 6.92 Å². The Balaban J connectivity index is 1.93. The number of aryl methyl sites for hydroxylation is 1. The molecule has 1 N–H and O–H groups in total. The zero-order chi connectivity index (χ0) is 20.1. The fraction of sp³-hybridized carbons (Fsp3) is 0.318. The van der Waals surface area contributed by atoms with Gasteiger partial charge < -0.3 is 10.1 Å². The SMILES string of the molecule is C=C(N=C(CC=CC)c1cc2n(n1)CCNC2=O)c1ccc(OCC)c(C)c1. The van der Waals surface area contributed by atoms with Crippen molar-refractivity contribution in [3.05, 3.63) is 65.5 Å². The molecule has 1 aromatic heterocycles. The molecule has 1 amide bonds. The van der Waals surface area contributed by atoms with Crippen LogP contribution < -0.4 is 10.1 Å². The fourth-order valence-electron chi connectivity index (χ4n) is 3.09. The zero-order valence-corrected chi connectivity index (χ0v) is 16.7. The summed E-state index contributed by atoms with van der Waals surface area (Å²) in [6.07, 6.45) is 4.61. The van der Waals surface area contributed by atoms with Crippen LogP contribution in [-0.2, 0) is 6.54 Å². The number of allylic oxidation sites excluding steroid dienone is 2. The third-order valence-corrected chi connectivity index (χ3v) is 4.54. The number of nitrogens with zero attached hydrogens (tertiary/aromatic N) is 3. The third kappa shape index (κ3) is 4.22. The third-order valence-electron chi connectivity index (χ3n) is 4.54. The highest BCUT2D eigenvalue weighted by Crippen LogP contribution is 2.24. The van der Waals surface area contributed by atoms with Gasteiger partial charge in [0.1, 0.15) is 17.1 Å². The number of carbonyl (C=O) groups excluding carboxylic acids is 1. The van der Waals surface area contributed by atoms with Crippen LogP contribution in [0.3, 0.4) is 0 Å². The van der Waals surface area contributed by atoms with Gasteiger partial charge >= 0.3 is 0 Å². The number of rotatable bonds is 7. The Kier molecular flexibility index (Phi) is 6.09. The molecule has 0 aliphatic carbocycles. The van der Waals surface area contributed by atoms with Crippen LogP contribution in [0.25, 0.3) is 5.70 Å². The van der Waals surface area contributed by atoms with Gasteiger partial charge in [-0.05, 0) is 50.6 Å². The van der Waals surface area contributed by atoms with Gasteiger partial charge in [0.25, 0.3) is 5.91 Å². The van der Waals surface area contributed by atoms with Gasteiger partial charge in [-0.3, -0.25) is 14.5 Å². The molecule has 0 unspecified atom stereocenters. The summed E-state index contributed by atoms with van der Waals surface area (Å²) in [5.41, 5.74) is 4.68. The molecule has 0 radical (unpaired) electrons. The van der Waals surface area contributed by atoms with Gasteiger partial charge in [0.2, 0.25) is 0 Å². The molecular weight excluding hydrogens is 352 g/mol. The summed E-state index contributed by atoms with van der Waals surface area (Å²) < 4.78 is 7.35. The standard InChI is InChI=1S/C22H26N4O2/c1-5-7-8-18(19-14-20-22(27)23-11-12-26(20)25-19)24-16(4)17-9-10-21(28-6-2)15(3)13-17/h5,7,9-10,13-14H,4,6,8,11-12H2,1-3H3,(H,23,27). The van der Waals surface area contributed by atoms with Gasteiger partial charge in [-0.25, -0.2) is 0 Å². The summed E-state index contributed by atoms with van der Waals surface area (Å²) in [5, 5.41) is 7.43. The monoisotopic (exact) mass is 378 g/mol. The van der Waals surface area contributed by atoms with Crippen LogP contribution in [0.1, 0.15) is 47.6 Å². The molecule has 2 heterocycles. The first-order valence-electron chi connectivity index (χ1n) is 9.51. The van der Waals surface area contributed by atoms with Crippen molar-refractivity contribution in [1.82, 2.24) is 15.1 Å². The van der Waals surface area contributed by atoms with Gasteiger partial charge in [0, 0.05) is 18.5 Å². The van der Waals surface area contributed by atoms with Crippen molar-refractivity contribution in [1.29, 1.82) is 0 Å². The smallest absolute Gasteiger partial charge is 0.269 e. The van der Waals surface area contributed by atoms with Crippen LogP contribution in [0.4, 0.5) is 0 Å². The summed E-state index contributed by atoms with van der Waals surface area (Å²) in [6, 6.07) is 7.73. The van der Waals surface area contributed by atoms with Gasteiger partial charge in [-0.1, -0.05) is 18.7 Å². The van der Waals surface area contributed by atoms with E-state index in [9.17, 15) is 4.79 Å². The Morgan fingerprint density at radius 2 is 2.25 bits per heavy atom. The lowest BCUT2D eigenvalue weighted by molar-refractivity contribution is 0.0924. The first-order chi connectivity index (χ1) is 13.5. The molecule has 3 rings (SSSR count). The highest BCUT2D eigenvalue weighted by atomic mass is 16.5. The van der Waals surface area contributed by atoms with Crippen molar-refractivity contribution in [2.75, 3.05) is 13.2 Å². The molecule has 1 aliphatic heterocycles. The molecule has 0 saturated heterocycles. The zero-order valence-electron chi connectivity index (χ0n) is 16.7. The number of hydrogen-bond acceptors (Lipinski definition) is 4. The second-order valence-corrected chi connectivity index (χ2v) is 6.59. The molecule has 0 bridgehead atoms. The highest BCUT2D eigenvalue weighted by molar-refractivity contribution is 6.04. The Bertz CT molecular complexity index is 953. The molecule has 0 saturated carbocycles. The minimum atomic E-state index is -0.101. The van der Waals surface area contributed by atoms with E-state index < -0.39 is 0 Å². The molecule has 6 heteroatoms. The van der Waals surface area contributed by atoms with Crippen molar-refractivity contribution in [3.8, 4) is 5.75 Å². The molecular formula is C22H26N4O2. The number of ether oxygens (including phenoxy) is 1. The van der Waals surface area contributed by atoms with E-state index >= 15 is 0 Å². The number of nitrogens with one attached hydrogen (secondary N) is 1. The number of carbonyl (C=O) groups is 1. The summed E-state index contributed by atoms with van der Waals surface area (Å²) in [5.74, 6) is 0.765. The molecule has 0 spiro atoms. The van der Waals surface area contributed by atoms with Crippen LogP contribution in [0.15, 0.2) is 48.0 Å². The minimum absolute atomic E-state index is 0.101. The maximum Gasteiger partial charge on any atom is 0.269 e. The topological polar surface area (TPSA) is 68.5 Å². The lowest BCUT2D eigenvalue weighted by Crippen LogP contribution is -2.35. The van der Waals surface area contributed by atoms with Crippen molar-refractivity contribution in [2.45, 2.75) is 33.7 Å². The van der Waals surface area contributed by atoms with Crippen LogP contribution in [-0.4, -0.2) is 34.6 Å². The number of hydrogen-bond donors (Lipinski definition) is 1. The van der Waals surface area contributed by atoms with Gasteiger partial charge in [0.05, 0.1) is 24.6 Å². The molecule has 1 aromatic carbocycles. The lowest BCUT2D eigenvalue weighted by Gasteiger charge is -2.13. The van der Waals surface area contributed by atoms with Crippen molar-refractivity contribution >= 4 is 17.3 Å². The van der Waals surface area contributed by atoms with Crippen molar-refractivity contribution in [3.63, 3.8) is 0 Å². The van der Waals surface area contributed by atoms with E-state index in [0.29, 0.717) is 43.2 Å². The molecule has 6 nitrogen and oxygen atoms in total. The van der Waals surface area contributed by atoms with Gasteiger partial charge in [-0.15, -0.1) is 0 Å². The predicted molar refractivity (Wildman–Crippen MR) is 112 cm³/mol. The van der Waals surface area contributed by atoms with Crippen LogP contribution >= 0.6 is 0 Å². The maximum absolute atomic E-state index is 12.0. The quantitative estimate of drug-likeness (QED) is 0.589. The molecule has 1 aliphatic rings. The molecule has 28 heavy (non-hydrogen) atoms. The van der Waals surface area contributed by atoms with Gasteiger partial charge in [0.15, 0.2) is 0 Å². The largest absolute Gasteiger partial charge is 0.494 e. The highest BCUT2D eigenvalue weighted by Gasteiger charge is 2.21. The molecule has 146 valence electrons. The Morgan fingerprint density at radius 3 is 2.93 bits per heavy atom. The van der Waals surface area contributed by atoms with E-state index in [1.807, 2.05) is 51.1 Å². The van der Waals surface area contributed by atoms with E-state index in [1.165, 1.54) is 0 Å². The lowest BCUT2D eigenvalue weighted by atomic mass is 10.1. The molecule has 0 atom stereocenters. The summed E-state index contributed by atoms with van der Waals surface area (Å²) in [7, 11) is 0.